The number of fused-ring (bicyclic) bond motifs is 1. The number of imidazole rings is 1. The highest BCUT2D eigenvalue weighted by atomic mass is 16.2. The number of hydrogen-bond donors (Lipinski definition) is 2. The lowest BCUT2D eigenvalue weighted by atomic mass is 9.99. The van der Waals surface area contributed by atoms with Crippen molar-refractivity contribution in [1.29, 1.82) is 0 Å². The first-order chi connectivity index (χ1) is 13.1. The monoisotopic (exact) mass is 360 g/mol. The van der Waals surface area contributed by atoms with E-state index in [9.17, 15) is 9.59 Å². The van der Waals surface area contributed by atoms with Crippen LogP contribution < -0.4 is 10.6 Å². The third-order valence-corrected chi connectivity index (χ3v) is 4.79. The van der Waals surface area contributed by atoms with Gasteiger partial charge in [-0.15, -0.1) is 0 Å². The Morgan fingerprint density at radius 3 is 2.74 bits per heavy atom. The molecule has 6 heteroatoms. The van der Waals surface area contributed by atoms with Crippen LogP contribution in [0.15, 0.2) is 60.9 Å². The largest absolute Gasteiger partial charge is 0.338 e. The minimum absolute atomic E-state index is 0.0126. The second kappa shape index (κ2) is 7.07. The van der Waals surface area contributed by atoms with E-state index in [0.29, 0.717) is 18.4 Å². The Bertz CT molecular complexity index is 994. The van der Waals surface area contributed by atoms with Crippen LogP contribution in [-0.4, -0.2) is 21.4 Å². The first kappa shape index (κ1) is 17.0. The van der Waals surface area contributed by atoms with E-state index in [0.717, 1.165) is 22.6 Å². The molecule has 6 nitrogen and oxygen atoms in total. The van der Waals surface area contributed by atoms with Crippen molar-refractivity contribution in [1.82, 2.24) is 14.9 Å². The molecule has 4 rings (SSSR count). The van der Waals surface area contributed by atoms with Gasteiger partial charge in [-0.25, -0.2) is 4.98 Å². The molecule has 1 aromatic heterocycles. The number of nitrogens with one attached hydrogen (secondary N) is 2. The highest BCUT2D eigenvalue weighted by Crippen LogP contribution is 2.25. The molecular formula is C21H20N4O2. The van der Waals surface area contributed by atoms with E-state index >= 15 is 0 Å². The van der Waals surface area contributed by atoms with Gasteiger partial charge >= 0.3 is 0 Å². The van der Waals surface area contributed by atoms with Crippen LogP contribution in [0.2, 0.25) is 0 Å². The highest BCUT2D eigenvalue weighted by Gasteiger charge is 2.22. The van der Waals surface area contributed by atoms with Crippen molar-refractivity contribution < 1.29 is 9.59 Å². The normalized spacial score (nSPS) is 14.2. The summed E-state index contributed by atoms with van der Waals surface area (Å²) in [5.74, 6) is 0.602. The van der Waals surface area contributed by atoms with E-state index in [-0.39, 0.29) is 17.9 Å². The lowest BCUT2D eigenvalue weighted by molar-refractivity contribution is -0.116. The number of aromatic nitrogens is 2. The predicted octanol–water partition coefficient (Wildman–Crippen LogP) is 2.82. The molecule has 27 heavy (non-hydrogen) atoms. The topological polar surface area (TPSA) is 76.0 Å². The molecule has 0 fully saturated rings. The van der Waals surface area contributed by atoms with Crippen LogP contribution >= 0.6 is 0 Å². The second-order valence-corrected chi connectivity index (χ2v) is 6.63. The zero-order valence-electron chi connectivity index (χ0n) is 15.0. The number of anilines is 1. The Labute approximate surface area is 157 Å². The van der Waals surface area contributed by atoms with Crippen LogP contribution in [0.1, 0.15) is 39.8 Å². The third kappa shape index (κ3) is 3.46. The first-order valence-electron chi connectivity index (χ1n) is 8.87. The number of carbonyl (C=O) groups excluding carboxylic acids is 2. The summed E-state index contributed by atoms with van der Waals surface area (Å²) in [5, 5.41) is 5.94. The summed E-state index contributed by atoms with van der Waals surface area (Å²) < 4.78 is 1.90. The van der Waals surface area contributed by atoms with E-state index in [4.69, 9.17) is 0 Å². The van der Waals surface area contributed by atoms with Crippen molar-refractivity contribution in [3.8, 4) is 0 Å². The highest BCUT2D eigenvalue weighted by molar-refractivity contribution is 5.98. The number of rotatable bonds is 4. The standard InChI is InChI=1S/C21H20N4O2/c1-25-12-11-22-20(25)19(14-5-3-2-4-6-14)24-21(27)16-7-9-17-15(13-16)8-10-18(26)23-17/h2-7,9,11-13,19H,8,10H2,1H3,(H,23,26)(H,24,27). The molecule has 0 aliphatic carbocycles. The van der Waals surface area contributed by atoms with Gasteiger partial charge in [-0.1, -0.05) is 30.3 Å². The summed E-state index contributed by atoms with van der Waals surface area (Å²) in [6.45, 7) is 0. The predicted molar refractivity (Wildman–Crippen MR) is 102 cm³/mol. The van der Waals surface area contributed by atoms with Gasteiger partial charge in [0.1, 0.15) is 11.9 Å². The molecule has 1 atom stereocenters. The summed E-state index contributed by atoms with van der Waals surface area (Å²) in [6, 6.07) is 14.8. The third-order valence-electron chi connectivity index (χ3n) is 4.79. The molecule has 1 aliphatic heterocycles. The molecule has 2 amide bonds. The van der Waals surface area contributed by atoms with E-state index < -0.39 is 0 Å². The van der Waals surface area contributed by atoms with Crippen LogP contribution in [-0.2, 0) is 18.3 Å². The molecule has 3 aromatic rings. The van der Waals surface area contributed by atoms with Gasteiger partial charge in [0.2, 0.25) is 5.91 Å². The summed E-state index contributed by atoms with van der Waals surface area (Å²) in [6.07, 6.45) is 4.67. The fourth-order valence-corrected chi connectivity index (χ4v) is 3.34. The molecule has 2 heterocycles. The second-order valence-electron chi connectivity index (χ2n) is 6.63. The van der Waals surface area contributed by atoms with Gasteiger partial charge in [-0.2, -0.15) is 0 Å². The van der Waals surface area contributed by atoms with Crippen LogP contribution in [0.4, 0.5) is 5.69 Å². The molecule has 1 unspecified atom stereocenters. The molecule has 2 aromatic carbocycles. The molecule has 0 saturated heterocycles. The molecule has 0 spiro atoms. The maximum Gasteiger partial charge on any atom is 0.252 e. The number of hydrogen-bond acceptors (Lipinski definition) is 3. The Morgan fingerprint density at radius 1 is 1.19 bits per heavy atom. The quantitative estimate of drug-likeness (QED) is 0.751. The zero-order valence-corrected chi connectivity index (χ0v) is 15.0. The maximum atomic E-state index is 12.9. The number of amides is 2. The Balaban J connectivity index is 1.63. The van der Waals surface area contributed by atoms with Crippen molar-refractivity contribution in [2.75, 3.05) is 5.32 Å². The maximum absolute atomic E-state index is 12.9. The fraction of sp³-hybridized carbons (Fsp3) is 0.190. The molecule has 0 bridgehead atoms. The van der Waals surface area contributed by atoms with Gasteiger partial charge < -0.3 is 15.2 Å². The Hall–Kier alpha value is -3.41. The summed E-state index contributed by atoms with van der Waals surface area (Å²) in [5.41, 5.74) is 3.30. The lowest BCUT2D eigenvalue weighted by Crippen LogP contribution is -2.31. The first-order valence-corrected chi connectivity index (χ1v) is 8.87. The molecular weight excluding hydrogens is 340 g/mol. The van der Waals surface area contributed by atoms with E-state index in [1.807, 2.05) is 54.2 Å². The Kier molecular flexibility index (Phi) is 4.46. The van der Waals surface area contributed by atoms with Crippen molar-refractivity contribution in [3.05, 3.63) is 83.4 Å². The Morgan fingerprint density at radius 2 is 2.00 bits per heavy atom. The SMILES string of the molecule is Cn1ccnc1C(NC(=O)c1ccc2c(c1)CCC(=O)N2)c1ccccc1. The van der Waals surface area contributed by atoms with E-state index in [2.05, 4.69) is 15.6 Å². The molecule has 1 aliphatic rings. The van der Waals surface area contributed by atoms with Crippen molar-refractivity contribution >= 4 is 17.5 Å². The van der Waals surface area contributed by atoms with Gasteiger partial charge in [-0.3, -0.25) is 9.59 Å². The molecule has 136 valence electrons. The van der Waals surface area contributed by atoms with Gasteiger partial charge in [-0.05, 0) is 35.7 Å². The molecule has 2 N–H and O–H groups in total. The number of benzene rings is 2. The van der Waals surface area contributed by atoms with Crippen molar-refractivity contribution in [2.24, 2.45) is 7.05 Å². The number of nitrogens with zero attached hydrogens (tertiary/aromatic N) is 2. The molecule has 0 radical (unpaired) electrons. The van der Waals surface area contributed by atoms with E-state index in [1.165, 1.54) is 0 Å². The smallest absolute Gasteiger partial charge is 0.252 e. The van der Waals surface area contributed by atoms with Crippen molar-refractivity contribution in [2.45, 2.75) is 18.9 Å². The average Bonchev–Trinajstić information content (AvgIpc) is 3.11. The summed E-state index contributed by atoms with van der Waals surface area (Å²) in [4.78, 5) is 28.9. The zero-order chi connectivity index (χ0) is 18.8. The summed E-state index contributed by atoms with van der Waals surface area (Å²) >= 11 is 0. The van der Waals surface area contributed by atoms with Gasteiger partial charge in [0, 0.05) is 37.1 Å². The minimum Gasteiger partial charge on any atom is -0.338 e. The number of carbonyl (C=O) groups is 2. The lowest BCUT2D eigenvalue weighted by Gasteiger charge is -2.21. The van der Waals surface area contributed by atoms with Crippen LogP contribution in [0.3, 0.4) is 0 Å². The van der Waals surface area contributed by atoms with Crippen LogP contribution in [0.25, 0.3) is 0 Å². The fourth-order valence-electron chi connectivity index (χ4n) is 3.34. The summed E-state index contributed by atoms with van der Waals surface area (Å²) in [7, 11) is 1.91. The van der Waals surface area contributed by atoms with Crippen molar-refractivity contribution in [3.63, 3.8) is 0 Å². The van der Waals surface area contributed by atoms with Gasteiger partial charge in [0.25, 0.3) is 5.91 Å². The number of aryl methyl sites for hydroxylation is 2. The van der Waals surface area contributed by atoms with Crippen LogP contribution in [0.5, 0.6) is 0 Å². The minimum atomic E-state index is -0.352. The average molecular weight is 360 g/mol. The molecule has 0 saturated carbocycles. The van der Waals surface area contributed by atoms with E-state index in [1.54, 1.807) is 18.3 Å². The van der Waals surface area contributed by atoms with Crippen LogP contribution in [0, 0.1) is 0 Å². The van der Waals surface area contributed by atoms with Gasteiger partial charge in [0.15, 0.2) is 0 Å². The van der Waals surface area contributed by atoms with Gasteiger partial charge in [0.05, 0.1) is 0 Å².